The molecule has 0 amide bonds. The summed E-state index contributed by atoms with van der Waals surface area (Å²) >= 11 is 5.98. The van der Waals surface area contributed by atoms with Crippen LogP contribution in [0.1, 0.15) is 5.56 Å². The maximum atomic E-state index is 13.3. The van der Waals surface area contributed by atoms with Crippen LogP contribution in [-0.4, -0.2) is 31.1 Å². The minimum absolute atomic E-state index is 0.280. The highest BCUT2D eigenvalue weighted by Gasteiger charge is 2.35. The molecule has 0 aromatic heterocycles. The van der Waals surface area contributed by atoms with E-state index in [1.807, 2.05) is 6.07 Å². The Kier molecular flexibility index (Phi) is 3.07. The molecule has 0 bridgehead atoms. The van der Waals surface area contributed by atoms with E-state index in [9.17, 15) is 4.39 Å². The van der Waals surface area contributed by atoms with E-state index in [2.05, 4.69) is 10.2 Å². The summed E-state index contributed by atoms with van der Waals surface area (Å²) in [6, 6.07) is 5.06. The lowest BCUT2D eigenvalue weighted by Crippen LogP contribution is -2.25. The number of halogens is 2. The summed E-state index contributed by atoms with van der Waals surface area (Å²) < 4.78 is 13.3. The van der Waals surface area contributed by atoms with Crippen LogP contribution in [0.3, 0.4) is 0 Å². The molecule has 2 unspecified atom stereocenters. The third-order valence-corrected chi connectivity index (χ3v) is 4.31. The van der Waals surface area contributed by atoms with Crippen LogP contribution >= 0.6 is 11.6 Å². The van der Waals surface area contributed by atoms with Gasteiger partial charge >= 0.3 is 0 Å². The van der Waals surface area contributed by atoms with Gasteiger partial charge in [0.15, 0.2) is 0 Å². The fraction of sp³-hybridized carbons (Fsp3) is 0.538. The zero-order valence-corrected chi connectivity index (χ0v) is 10.4. The number of nitrogens with one attached hydrogen (secondary N) is 1. The van der Waals surface area contributed by atoms with Crippen molar-refractivity contribution in [3.63, 3.8) is 0 Å². The topological polar surface area (TPSA) is 15.3 Å². The molecular formula is C13H16ClFN2. The molecule has 3 rings (SSSR count). The van der Waals surface area contributed by atoms with E-state index in [-0.39, 0.29) is 10.8 Å². The highest BCUT2D eigenvalue weighted by molar-refractivity contribution is 6.31. The molecule has 0 radical (unpaired) electrons. The van der Waals surface area contributed by atoms with E-state index < -0.39 is 0 Å². The Morgan fingerprint density at radius 2 is 2.00 bits per heavy atom. The summed E-state index contributed by atoms with van der Waals surface area (Å²) in [6.45, 7) is 5.22. The summed E-state index contributed by atoms with van der Waals surface area (Å²) in [5, 5.41) is 3.70. The molecular weight excluding hydrogens is 239 g/mol. The Bertz CT molecular complexity index is 412. The number of nitrogens with zero attached hydrogens (tertiary/aromatic N) is 1. The standard InChI is InChI=1S/C13H16ClFN2/c14-13-9(2-1-3-12(13)15)6-17-7-10-4-16-5-11(10)8-17/h1-3,10-11,16H,4-8H2. The van der Waals surface area contributed by atoms with Crippen LogP contribution in [0, 0.1) is 17.7 Å². The predicted octanol–water partition coefficient (Wildman–Crippen LogP) is 2.13. The van der Waals surface area contributed by atoms with Crippen LogP contribution in [0.4, 0.5) is 4.39 Å². The van der Waals surface area contributed by atoms with Crippen LogP contribution < -0.4 is 5.32 Å². The van der Waals surface area contributed by atoms with Gasteiger partial charge in [0, 0.05) is 19.6 Å². The van der Waals surface area contributed by atoms with Crippen molar-refractivity contribution in [2.75, 3.05) is 26.2 Å². The van der Waals surface area contributed by atoms with Crippen molar-refractivity contribution in [1.82, 2.24) is 10.2 Å². The Labute approximate surface area is 106 Å². The van der Waals surface area contributed by atoms with Crippen molar-refractivity contribution in [3.8, 4) is 0 Å². The quantitative estimate of drug-likeness (QED) is 0.870. The van der Waals surface area contributed by atoms with E-state index in [1.165, 1.54) is 6.07 Å². The summed E-state index contributed by atoms with van der Waals surface area (Å²) in [5.74, 6) is 1.22. The van der Waals surface area contributed by atoms with E-state index >= 15 is 0 Å². The number of hydrogen-bond donors (Lipinski definition) is 1. The second-order valence-corrected chi connectivity index (χ2v) is 5.46. The van der Waals surface area contributed by atoms with Crippen molar-refractivity contribution >= 4 is 11.6 Å². The molecule has 1 aromatic rings. The maximum absolute atomic E-state index is 13.3. The Morgan fingerprint density at radius 3 is 2.71 bits per heavy atom. The molecule has 2 heterocycles. The maximum Gasteiger partial charge on any atom is 0.142 e. The fourth-order valence-corrected chi connectivity index (χ4v) is 3.18. The first-order valence-corrected chi connectivity index (χ1v) is 6.48. The van der Waals surface area contributed by atoms with Gasteiger partial charge in [0.1, 0.15) is 5.82 Å². The number of hydrogen-bond acceptors (Lipinski definition) is 2. The van der Waals surface area contributed by atoms with Crippen molar-refractivity contribution < 1.29 is 4.39 Å². The Hall–Kier alpha value is -0.640. The fourth-order valence-electron chi connectivity index (χ4n) is 2.99. The third kappa shape index (κ3) is 2.19. The van der Waals surface area contributed by atoms with Gasteiger partial charge in [-0.05, 0) is 36.6 Å². The van der Waals surface area contributed by atoms with Crippen molar-refractivity contribution in [2.24, 2.45) is 11.8 Å². The lowest BCUT2D eigenvalue weighted by molar-refractivity contribution is 0.305. The molecule has 4 heteroatoms. The van der Waals surface area contributed by atoms with Crippen LogP contribution in [0.5, 0.6) is 0 Å². The van der Waals surface area contributed by atoms with Gasteiger partial charge < -0.3 is 5.32 Å². The molecule has 2 aliphatic heterocycles. The molecule has 1 N–H and O–H groups in total. The van der Waals surface area contributed by atoms with Gasteiger partial charge in [-0.25, -0.2) is 4.39 Å². The highest BCUT2D eigenvalue weighted by atomic mass is 35.5. The van der Waals surface area contributed by atoms with Crippen molar-refractivity contribution in [2.45, 2.75) is 6.54 Å². The minimum atomic E-state index is -0.315. The molecule has 2 nitrogen and oxygen atoms in total. The number of fused-ring (bicyclic) bond motifs is 1. The number of rotatable bonds is 2. The second-order valence-electron chi connectivity index (χ2n) is 5.09. The normalized spacial score (nSPS) is 28.6. The van der Waals surface area contributed by atoms with E-state index in [0.717, 1.165) is 50.1 Å². The first-order valence-electron chi connectivity index (χ1n) is 6.10. The van der Waals surface area contributed by atoms with Gasteiger partial charge in [-0.15, -0.1) is 0 Å². The van der Waals surface area contributed by atoms with Gasteiger partial charge in [-0.3, -0.25) is 4.90 Å². The van der Waals surface area contributed by atoms with Gasteiger partial charge in [0.05, 0.1) is 5.02 Å². The summed E-state index contributed by atoms with van der Waals surface area (Å²) in [7, 11) is 0. The SMILES string of the molecule is Fc1cccc(CN2CC3CNCC3C2)c1Cl. The molecule has 2 aliphatic rings. The van der Waals surface area contributed by atoms with Gasteiger partial charge in [0.2, 0.25) is 0 Å². The van der Waals surface area contributed by atoms with Crippen LogP contribution in [0.2, 0.25) is 5.02 Å². The zero-order chi connectivity index (χ0) is 11.8. The average molecular weight is 255 g/mol. The van der Waals surface area contributed by atoms with Crippen LogP contribution in [0.25, 0.3) is 0 Å². The van der Waals surface area contributed by atoms with E-state index in [1.54, 1.807) is 6.07 Å². The second kappa shape index (κ2) is 4.56. The van der Waals surface area contributed by atoms with Gasteiger partial charge in [-0.1, -0.05) is 23.7 Å². The van der Waals surface area contributed by atoms with Crippen molar-refractivity contribution in [1.29, 1.82) is 0 Å². The van der Waals surface area contributed by atoms with E-state index in [4.69, 9.17) is 11.6 Å². The third-order valence-electron chi connectivity index (χ3n) is 3.89. The largest absolute Gasteiger partial charge is 0.316 e. The molecule has 17 heavy (non-hydrogen) atoms. The highest BCUT2D eigenvalue weighted by Crippen LogP contribution is 2.29. The molecule has 2 atom stereocenters. The summed E-state index contributed by atoms with van der Waals surface area (Å²) in [5.41, 5.74) is 0.902. The van der Waals surface area contributed by atoms with Crippen molar-refractivity contribution in [3.05, 3.63) is 34.6 Å². The monoisotopic (exact) mass is 254 g/mol. The van der Waals surface area contributed by atoms with Crippen LogP contribution in [0.15, 0.2) is 18.2 Å². The molecule has 2 fully saturated rings. The molecule has 1 aromatic carbocycles. The lowest BCUT2D eigenvalue weighted by Gasteiger charge is -2.17. The molecule has 0 aliphatic carbocycles. The lowest BCUT2D eigenvalue weighted by atomic mass is 10.0. The molecule has 0 spiro atoms. The zero-order valence-electron chi connectivity index (χ0n) is 9.63. The molecule has 92 valence electrons. The summed E-state index contributed by atoms with van der Waals surface area (Å²) in [6.07, 6.45) is 0. The Morgan fingerprint density at radius 1 is 1.29 bits per heavy atom. The first kappa shape index (κ1) is 11.5. The smallest absolute Gasteiger partial charge is 0.142 e. The minimum Gasteiger partial charge on any atom is -0.316 e. The summed E-state index contributed by atoms with van der Waals surface area (Å²) in [4.78, 5) is 2.39. The Balaban J connectivity index is 1.70. The molecule has 0 saturated carbocycles. The predicted molar refractivity (Wildman–Crippen MR) is 66.5 cm³/mol. The molecule has 2 saturated heterocycles. The van der Waals surface area contributed by atoms with Gasteiger partial charge in [-0.2, -0.15) is 0 Å². The number of likely N-dealkylation sites (tertiary alicyclic amines) is 1. The van der Waals surface area contributed by atoms with E-state index in [0.29, 0.717) is 0 Å². The van der Waals surface area contributed by atoms with Crippen LogP contribution in [-0.2, 0) is 6.54 Å². The average Bonchev–Trinajstić information content (AvgIpc) is 2.85. The number of benzene rings is 1. The van der Waals surface area contributed by atoms with Gasteiger partial charge in [0.25, 0.3) is 0 Å². The first-order chi connectivity index (χ1) is 8.24.